The first-order chi connectivity index (χ1) is 18.3. The molecule has 0 radical (unpaired) electrons. The van der Waals surface area contributed by atoms with Gasteiger partial charge in [0.25, 0.3) is 0 Å². The third kappa shape index (κ3) is 9.38. The second-order valence-corrected chi connectivity index (χ2v) is 10.4. The molecule has 1 aromatic heterocycles. The lowest BCUT2D eigenvalue weighted by Gasteiger charge is -2.14. The number of hydrogen-bond donors (Lipinski definition) is 1. The van der Waals surface area contributed by atoms with E-state index < -0.39 is 11.7 Å². The molecule has 0 bridgehead atoms. The van der Waals surface area contributed by atoms with Gasteiger partial charge in [-0.1, -0.05) is 81.6 Å². The van der Waals surface area contributed by atoms with E-state index in [2.05, 4.69) is 61.6 Å². The maximum absolute atomic E-state index is 13.9. The number of alkyl halides is 3. The maximum Gasteiger partial charge on any atom is 0.415 e. The Morgan fingerprint density at radius 2 is 1.74 bits per heavy atom. The largest absolute Gasteiger partial charge is 0.415 e. The van der Waals surface area contributed by atoms with Crippen molar-refractivity contribution in [1.29, 1.82) is 0 Å². The van der Waals surface area contributed by atoms with Gasteiger partial charge in [-0.05, 0) is 69.4 Å². The number of unbranched alkanes of at least 4 members (excludes halogenated alkanes) is 1. The first-order valence-corrected chi connectivity index (χ1v) is 13.7. The zero-order chi connectivity index (χ0) is 29.3. The molecular weight excluding hydrogens is 524 g/mol. The van der Waals surface area contributed by atoms with Crippen molar-refractivity contribution >= 4 is 28.2 Å². The van der Waals surface area contributed by atoms with Crippen LogP contribution in [-0.4, -0.2) is 16.9 Å². The number of fused-ring (bicyclic) bond motifs is 1. The van der Waals surface area contributed by atoms with E-state index in [4.69, 9.17) is 11.6 Å². The molecule has 0 amide bonds. The van der Waals surface area contributed by atoms with E-state index in [0.29, 0.717) is 5.70 Å². The van der Waals surface area contributed by atoms with Crippen molar-refractivity contribution in [2.45, 2.75) is 85.7 Å². The van der Waals surface area contributed by atoms with E-state index >= 15 is 0 Å². The number of nitrogens with one attached hydrogen (secondary N) is 1. The molecule has 0 aliphatic heterocycles. The highest BCUT2D eigenvalue weighted by Crippen LogP contribution is 2.35. The molecule has 212 valence electrons. The Bertz CT molecular complexity index is 1310. The minimum absolute atomic E-state index is 0.189. The number of allylic oxidation sites excluding steroid dienone is 3. The third-order valence-electron chi connectivity index (χ3n) is 6.50. The van der Waals surface area contributed by atoms with Crippen LogP contribution in [0, 0.1) is 12.7 Å². The van der Waals surface area contributed by atoms with Crippen molar-refractivity contribution in [2.24, 2.45) is 4.99 Å². The topological polar surface area (TPSA) is 28.1 Å². The van der Waals surface area contributed by atoms with Gasteiger partial charge in [0.15, 0.2) is 0 Å². The molecule has 7 heteroatoms. The van der Waals surface area contributed by atoms with Crippen LogP contribution in [0.4, 0.5) is 17.6 Å². The van der Waals surface area contributed by atoms with Gasteiger partial charge in [-0.15, -0.1) is 0 Å². The predicted octanol–water partition coefficient (Wildman–Crippen LogP) is 11.0. The van der Waals surface area contributed by atoms with Crippen molar-refractivity contribution in [1.82, 2.24) is 4.98 Å². The molecule has 0 spiro atoms. The Morgan fingerprint density at radius 1 is 1.10 bits per heavy atom. The van der Waals surface area contributed by atoms with Gasteiger partial charge in [-0.25, -0.2) is 4.39 Å². The molecule has 0 fully saturated rings. The van der Waals surface area contributed by atoms with Crippen LogP contribution in [0.15, 0.2) is 65.3 Å². The molecule has 0 saturated heterocycles. The Kier molecular flexibility index (Phi) is 12.0. The van der Waals surface area contributed by atoms with Gasteiger partial charge in [0.2, 0.25) is 0 Å². The molecule has 2 nitrogen and oxygen atoms in total. The fraction of sp³-hybridized carbons (Fsp3) is 0.406. The highest BCUT2D eigenvalue weighted by molar-refractivity contribution is 6.31. The van der Waals surface area contributed by atoms with Crippen LogP contribution < -0.4 is 0 Å². The summed E-state index contributed by atoms with van der Waals surface area (Å²) < 4.78 is 50.2. The Morgan fingerprint density at radius 3 is 2.31 bits per heavy atom. The van der Waals surface area contributed by atoms with Crippen molar-refractivity contribution in [3.8, 4) is 0 Å². The molecule has 0 aliphatic rings. The fourth-order valence-corrected chi connectivity index (χ4v) is 4.53. The van der Waals surface area contributed by atoms with E-state index in [1.807, 2.05) is 6.92 Å². The Hall–Kier alpha value is -2.86. The first-order valence-electron chi connectivity index (χ1n) is 13.3. The predicted molar refractivity (Wildman–Crippen MR) is 158 cm³/mol. The molecule has 1 heterocycles. The summed E-state index contributed by atoms with van der Waals surface area (Å²) in [5, 5.41) is 1.23. The normalized spacial score (nSPS) is 13.3. The van der Waals surface area contributed by atoms with Crippen LogP contribution in [0.1, 0.15) is 88.6 Å². The molecule has 0 saturated carbocycles. The van der Waals surface area contributed by atoms with Crippen LogP contribution in [0.3, 0.4) is 0 Å². The van der Waals surface area contributed by atoms with Gasteiger partial charge < -0.3 is 4.98 Å². The lowest BCUT2D eigenvalue weighted by atomic mass is 9.92. The van der Waals surface area contributed by atoms with Crippen molar-refractivity contribution < 1.29 is 17.6 Å². The molecular formula is C32H39ClF4N2. The summed E-state index contributed by atoms with van der Waals surface area (Å²) >= 11 is 6.03. The van der Waals surface area contributed by atoms with Gasteiger partial charge in [0.1, 0.15) is 5.82 Å². The summed E-state index contributed by atoms with van der Waals surface area (Å²) in [6, 6.07) is 11.9. The van der Waals surface area contributed by atoms with E-state index in [1.165, 1.54) is 35.4 Å². The van der Waals surface area contributed by atoms with Crippen LogP contribution in [0.5, 0.6) is 0 Å². The summed E-state index contributed by atoms with van der Waals surface area (Å²) in [7, 11) is 0. The van der Waals surface area contributed by atoms with E-state index in [9.17, 15) is 17.6 Å². The minimum Gasteiger partial charge on any atom is -0.358 e. The van der Waals surface area contributed by atoms with E-state index in [-0.39, 0.29) is 16.8 Å². The second kappa shape index (κ2) is 14.5. The molecule has 3 rings (SSSR count). The van der Waals surface area contributed by atoms with E-state index in [1.54, 1.807) is 13.0 Å². The highest BCUT2D eigenvalue weighted by Gasteiger charge is 2.30. The molecule has 39 heavy (non-hydrogen) atoms. The number of rotatable bonds is 9. The number of H-pyrrole nitrogens is 1. The monoisotopic (exact) mass is 562 g/mol. The summed E-state index contributed by atoms with van der Waals surface area (Å²) in [5.41, 5.74) is 6.08. The van der Waals surface area contributed by atoms with Crippen LogP contribution >= 0.6 is 11.6 Å². The van der Waals surface area contributed by atoms with Crippen molar-refractivity contribution in [3.05, 3.63) is 93.5 Å². The Labute approximate surface area is 234 Å². The summed E-state index contributed by atoms with van der Waals surface area (Å²) in [5.74, 6) is -0.145. The molecule has 1 unspecified atom stereocenters. The van der Waals surface area contributed by atoms with Gasteiger partial charge in [-0.3, -0.25) is 4.99 Å². The molecule has 1 atom stereocenters. The molecule has 3 aromatic rings. The lowest BCUT2D eigenvalue weighted by Crippen LogP contribution is -2.08. The Balaban J connectivity index is 0.000000309. The fourth-order valence-electron chi connectivity index (χ4n) is 4.36. The van der Waals surface area contributed by atoms with Crippen LogP contribution in [0.2, 0.25) is 5.02 Å². The van der Waals surface area contributed by atoms with Crippen molar-refractivity contribution in [3.63, 3.8) is 0 Å². The lowest BCUT2D eigenvalue weighted by molar-refractivity contribution is -0.0878. The maximum atomic E-state index is 13.9. The number of aromatic amines is 1. The average Bonchev–Trinajstić information content (AvgIpc) is 3.19. The van der Waals surface area contributed by atoms with Crippen molar-refractivity contribution in [2.75, 3.05) is 0 Å². The van der Waals surface area contributed by atoms with Crippen LogP contribution in [0.25, 0.3) is 10.9 Å². The number of aliphatic imine (C=N–C) groups is 1. The molecule has 2 aromatic carbocycles. The number of halogens is 5. The summed E-state index contributed by atoms with van der Waals surface area (Å²) in [6.45, 7) is 14.8. The van der Waals surface area contributed by atoms with Gasteiger partial charge >= 0.3 is 6.18 Å². The van der Waals surface area contributed by atoms with Gasteiger partial charge in [0, 0.05) is 33.9 Å². The van der Waals surface area contributed by atoms with Crippen LogP contribution in [-0.2, 0) is 6.42 Å². The molecule has 0 aliphatic carbocycles. The standard InChI is InChI=1S/C21H23ClFN.C11H16F3N/c1-4-5-6-16-17-11-18(22)19(23)12-20(17)24-21(16)14(3)15-9-7-13(2)8-10-15;1-5-6-9(3)15-10(4)7-8(2)11(12,13)14/h7-12,14,24H,4-6H2,1-3H3;7H,2,5-6H2,1,3-4H3/b;10-7-,15-9?. The SMILES string of the molecule is C=C(/C=C(/C)N=C(C)CCC)C(F)(F)F.CCCCc1c(C(C)c2ccc(C)cc2)[nH]c2cc(F)c(Cl)cc12. The van der Waals surface area contributed by atoms with Gasteiger partial charge in [0.05, 0.1) is 10.6 Å². The number of aromatic nitrogens is 1. The number of hydrogen-bond acceptors (Lipinski definition) is 1. The highest BCUT2D eigenvalue weighted by atomic mass is 35.5. The summed E-state index contributed by atoms with van der Waals surface area (Å²) in [6.07, 6.45) is 1.53. The number of benzene rings is 2. The quantitative estimate of drug-likeness (QED) is 0.153. The average molecular weight is 563 g/mol. The van der Waals surface area contributed by atoms with E-state index in [0.717, 1.165) is 54.8 Å². The minimum atomic E-state index is -4.37. The number of nitrogens with zero attached hydrogens (tertiary/aromatic N) is 1. The third-order valence-corrected chi connectivity index (χ3v) is 6.79. The smallest absolute Gasteiger partial charge is 0.358 e. The summed E-state index contributed by atoms with van der Waals surface area (Å²) in [4.78, 5) is 7.49. The second-order valence-electron chi connectivity index (χ2n) is 9.97. The van der Waals surface area contributed by atoms with Gasteiger partial charge in [-0.2, -0.15) is 13.2 Å². The molecule has 1 N–H and O–H groups in total. The number of aryl methyl sites for hydroxylation is 2. The zero-order valence-electron chi connectivity index (χ0n) is 23.7. The first kappa shape index (κ1) is 32.4. The zero-order valence-corrected chi connectivity index (χ0v) is 24.5.